The molecule has 2 aromatic rings. The van der Waals surface area contributed by atoms with Gasteiger partial charge < -0.3 is 5.32 Å². The second-order valence-electron chi connectivity index (χ2n) is 4.63. The van der Waals surface area contributed by atoms with Crippen molar-refractivity contribution >= 4 is 17.2 Å². The first-order chi connectivity index (χ1) is 8.70. The van der Waals surface area contributed by atoms with Gasteiger partial charge in [0.25, 0.3) is 0 Å². The van der Waals surface area contributed by atoms with Crippen LogP contribution in [0.25, 0.3) is 0 Å². The summed E-state index contributed by atoms with van der Waals surface area (Å²) in [5.74, 6) is 1.43. The minimum absolute atomic E-state index is 0.310. The molecule has 1 N–H and O–H groups in total. The van der Waals surface area contributed by atoms with Crippen LogP contribution in [0.1, 0.15) is 37.4 Å². The summed E-state index contributed by atoms with van der Waals surface area (Å²) in [6, 6.07) is 6.60. The molecule has 0 saturated heterocycles. The van der Waals surface area contributed by atoms with Crippen LogP contribution in [0, 0.1) is 5.92 Å². The summed E-state index contributed by atoms with van der Waals surface area (Å²) in [6.07, 6.45) is 2.57. The summed E-state index contributed by atoms with van der Waals surface area (Å²) >= 11 is 1.78. The number of hydrogen-bond acceptors (Lipinski definition) is 4. The molecule has 0 aromatic carbocycles. The van der Waals surface area contributed by atoms with Crippen LogP contribution in [0.2, 0.25) is 0 Å². The first-order valence-electron chi connectivity index (χ1n) is 6.31. The third-order valence-corrected chi connectivity index (χ3v) is 3.86. The van der Waals surface area contributed by atoms with Crippen molar-refractivity contribution in [2.45, 2.75) is 33.2 Å². The third-order valence-electron chi connectivity index (χ3n) is 2.91. The molecule has 0 aliphatic carbocycles. The fourth-order valence-electron chi connectivity index (χ4n) is 1.86. The van der Waals surface area contributed by atoms with Crippen molar-refractivity contribution in [1.29, 1.82) is 0 Å². The van der Waals surface area contributed by atoms with E-state index >= 15 is 0 Å². The van der Waals surface area contributed by atoms with Crippen LogP contribution >= 0.6 is 11.3 Å². The van der Waals surface area contributed by atoms with Gasteiger partial charge in [-0.05, 0) is 23.8 Å². The largest absolute Gasteiger partial charge is 0.362 e. The van der Waals surface area contributed by atoms with Gasteiger partial charge in [0.05, 0.1) is 6.04 Å². The number of anilines is 1. The lowest BCUT2D eigenvalue weighted by molar-refractivity contribution is 0.552. The van der Waals surface area contributed by atoms with Gasteiger partial charge in [-0.1, -0.05) is 26.8 Å². The Morgan fingerprint density at radius 3 is 2.78 bits per heavy atom. The Labute approximate surface area is 112 Å². The second kappa shape index (κ2) is 5.96. The van der Waals surface area contributed by atoms with E-state index < -0.39 is 0 Å². The van der Waals surface area contributed by atoms with Crippen LogP contribution in [-0.4, -0.2) is 9.97 Å². The van der Waals surface area contributed by atoms with E-state index in [1.165, 1.54) is 4.88 Å². The smallest absolute Gasteiger partial charge is 0.130 e. The molecule has 0 fully saturated rings. The zero-order valence-electron chi connectivity index (χ0n) is 11.1. The zero-order chi connectivity index (χ0) is 13.0. The SMILES string of the molecule is CCc1cc(NC(c2cccs2)C(C)C)ncn1. The fraction of sp³-hybridized carbons (Fsp3) is 0.429. The molecule has 1 unspecified atom stereocenters. The molecule has 1 atom stereocenters. The van der Waals surface area contributed by atoms with Crippen LogP contribution in [-0.2, 0) is 6.42 Å². The highest BCUT2D eigenvalue weighted by Crippen LogP contribution is 2.29. The van der Waals surface area contributed by atoms with E-state index in [1.54, 1.807) is 17.7 Å². The van der Waals surface area contributed by atoms with E-state index in [9.17, 15) is 0 Å². The average Bonchev–Trinajstić information content (AvgIpc) is 2.89. The summed E-state index contributed by atoms with van der Waals surface area (Å²) in [5, 5.41) is 5.63. The molecule has 0 saturated carbocycles. The maximum absolute atomic E-state index is 4.30. The number of hydrogen-bond donors (Lipinski definition) is 1. The number of nitrogens with zero attached hydrogens (tertiary/aromatic N) is 2. The predicted octanol–water partition coefficient (Wildman–Crippen LogP) is 3.91. The molecular weight excluding hydrogens is 242 g/mol. The van der Waals surface area contributed by atoms with Crippen molar-refractivity contribution in [3.05, 3.63) is 40.5 Å². The van der Waals surface area contributed by atoms with Gasteiger partial charge in [0.1, 0.15) is 12.1 Å². The Kier molecular flexibility index (Phi) is 4.31. The maximum atomic E-state index is 4.30. The molecule has 0 spiro atoms. The number of nitrogens with one attached hydrogen (secondary N) is 1. The Morgan fingerprint density at radius 1 is 1.33 bits per heavy atom. The predicted molar refractivity (Wildman–Crippen MR) is 76.9 cm³/mol. The van der Waals surface area contributed by atoms with Crippen molar-refractivity contribution in [3.8, 4) is 0 Å². The summed E-state index contributed by atoms with van der Waals surface area (Å²) in [7, 11) is 0. The van der Waals surface area contributed by atoms with E-state index in [-0.39, 0.29) is 0 Å². The first kappa shape index (κ1) is 13.0. The minimum atomic E-state index is 0.310. The third kappa shape index (κ3) is 3.07. The number of aromatic nitrogens is 2. The van der Waals surface area contributed by atoms with Crippen LogP contribution in [0.3, 0.4) is 0 Å². The lowest BCUT2D eigenvalue weighted by Crippen LogP contribution is -2.16. The molecule has 0 aliphatic rings. The maximum Gasteiger partial charge on any atom is 0.130 e. The Hall–Kier alpha value is -1.42. The van der Waals surface area contributed by atoms with Gasteiger partial charge in [0.15, 0.2) is 0 Å². The summed E-state index contributed by atoms with van der Waals surface area (Å²) < 4.78 is 0. The molecule has 2 heterocycles. The molecular formula is C14H19N3S. The molecule has 0 aliphatic heterocycles. The van der Waals surface area contributed by atoms with Crippen molar-refractivity contribution in [1.82, 2.24) is 9.97 Å². The molecule has 96 valence electrons. The van der Waals surface area contributed by atoms with E-state index in [2.05, 4.69) is 53.6 Å². The minimum Gasteiger partial charge on any atom is -0.362 e. The van der Waals surface area contributed by atoms with Crippen LogP contribution in [0.4, 0.5) is 5.82 Å². The zero-order valence-corrected chi connectivity index (χ0v) is 11.9. The molecule has 4 heteroatoms. The number of aryl methyl sites for hydroxylation is 1. The normalized spacial score (nSPS) is 12.7. The molecule has 2 aromatic heterocycles. The molecule has 0 radical (unpaired) electrons. The standard InChI is InChI=1S/C14H19N3S/c1-4-11-8-13(16-9-15-11)17-14(10(2)3)12-6-5-7-18-12/h5-10,14H,4H2,1-3H3,(H,15,16,17). The number of thiophene rings is 1. The van der Waals surface area contributed by atoms with Gasteiger partial charge in [-0.2, -0.15) is 0 Å². The number of rotatable bonds is 5. The highest BCUT2D eigenvalue weighted by Gasteiger charge is 2.17. The van der Waals surface area contributed by atoms with Crippen molar-refractivity contribution in [3.63, 3.8) is 0 Å². The van der Waals surface area contributed by atoms with Gasteiger partial charge >= 0.3 is 0 Å². The van der Waals surface area contributed by atoms with Gasteiger partial charge in [0.2, 0.25) is 0 Å². The van der Waals surface area contributed by atoms with E-state index in [4.69, 9.17) is 0 Å². The summed E-state index contributed by atoms with van der Waals surface area (Å²) in [6.45, 7) is 6.55. The lowest BCUT2D eigenvalue weighted by Gasteiger charge is -2.21. The van der Waals surface area contributed by atoms with Gasteiger partial charge in [0, 0.05) is 16.6 Å². The Morgan fingerprint density at radius 2 is 2.17 bits per heavy atom. The molecule has 3 nitrogen and oxygen atoms in total. The van der Waals surface area contributed by atoms with Crippen LogP contribution in [0.5, 0.6) is 0 Å². The highest BCUT2D eigenvalue weighted by molar-refractivity contribution is 7.10. The average molecular weight is 261 g/mol. The van der Waals surface area contributed by atoms with Gasteiger partial charge in [-0.3, -0.25) is 0 Å². The molecule has 0 bridgehead atoms. The van der Waals surface area contributed by atoms with Crippen LogP contribution in [0.15, 0.2) is 29.9 Å². The summed E-state index contributed by atoms with van der Waals surface area (Å²) in [5.41, 5.74) is 1.07. The van der Waals surface area contributed by atoms with Crippen molar-refractivity contribution < 1.29 is 0 Å². The van der Waals surface area contributed by atoms with E-state index in [0.717, 1.165) is 17.9 Å². The van der Waals surface area contributed by atoms with Gasteiger partial charge in [-0.25, -0.2) is 9.97 Å². The highest BCUT2D eigenvalue weighted by atomic mass is 32.1. The summed E-state index contributed by atoms with van der Waals surface area (Å²) in [4.78, 5) is 9.87. The lowest BCUT2D eigenvalue weighted by atomic mass is 10.0. The molecule has 18 heavy (non-hydrogen) atoms. The Balaban J connectivity index is 2.18. The van der Waals surface area contributed by atoms with Gasteiger partial charge in [-0.15, -0.1) is 11.3 Å². The van der Waals surface area contributed by atoms with E-state index in [1.807, 2.05) is 6.07 Å². The molecule has 2 rings (SSSR count). The first-order valence-corrected chi connectivity index (χ1v) is 7.19. The quantitative estimate of drug-likeness (QED) is 0.886. The van der Waals surface area contributed by atoms with E-state index in [0.29, 0.717) is 12.0 Å². The molecule has 0 amide bonds. The second-order valence-corrected chi connectivity index (χ2v) is 5.61. The monoisotopic (exact) mass is 261 g/mol. The fourth-order valence-corrected chi connectivity index (χ4v) is 2.81. The van der Waals surface area contributed by atoms with Crippen molar-refractivity contribution in [2.24, 2.45) is 5.92 Å². The van der Waals surface area contributed by atoms with Crippen molar-refractivity contribution in [2.75, 3.05) is 5.32 Å². The topological polar surface area (TPSA) is 37.8 Å². The Bertz CT molecular complexity index is 480. The van der Waals surface area contributed by atoms with Crippen LogP contribution < -0.4 is 5.32 Å².